The van der Waals surface area contributed by atoms with Crippen LogP contribution in [0.25, 0.3) is 100.0 Å². The molecule has 4 heterocycles. The molecule has 56 heavy (non-hydrogen) atoms. The van der Waals surface area contributed by atoms with Crippen LogP contribution >= 0.6 is 0 Å². The highest BCUT2D eigenvalue weighted by atomic mass is 14.9. The molecule has 0 fully saturated rings. The molecule has 0 radical (unpaired) electrons. The Morgan fingerprint density at radius 1 is 0.375 bits per heavy atom. The lowest BCUT2D eigenvalue weighted by Gasteiger charge is -2.12. The van der Waals surface area contributed by atoms with Gasteiger partial charge in [0.05, 0.1) is 28.1 Å². The number of aromatic nitrogens is 5. The summed E-state index contributed by atoms with van der Waals surface area (Å²) < 4.78 is 0. The van der Waals surface area contributed by atoms with Gasteiger partial charge in [-0.15, -0.1) is 0 Å². The molecule has 5 nitrogen and oxygen atoms in total. The van der Waals surface area contributed by atoms with E-state index in [-0.39, 0.29) is 0 Å². The van der Waals surface area contributed by atoms with Crippen molar-refractivity contribution >= 4 is 32.6 Å². The molecule has 0 aliphatic carbocycles. The SMILES string of the molecule is Cc1ccc2ccc3c(C)cc(-c4ccc(-c5ccc(-c6nc(-c7ccccc7)cc(-c7cccc(-c8cccc9ccncc89)c7)n6)cc5)cc4)nc3c2n1. The quantitative estimate of drug-likeness (QED) is 0.160. The molecular weight excluding hydrogens is 683 g/mol. The Balaban J connectivity index is 0.986. The van der Waals surface area contributed by atoms with Crippen LogP contribution in [0.2, 0.25) is 0 Å². The molecular formula is C51H35N5. The zero-order chi connectivity index (χ0) is 37.6. The average Bonchev–Trinajstić information content (AvgIpc) is 3.26. The highest BCUT2D eigenvalue weighted by Gasteiger charge is 2.14. The van der Waals surface area contributed by atoms with Gasteiger partial charge in [0.25, 0.3) is 0 Å². The van der Waals surface area contributed by atoms with E-state index in [4.69, 9.17) is 19.9 Å². The highest BCUT2D eigenvalue weighted by Crippen LogP contribution is 2.34. The van der Waals surface area contributed by atoms with Crippen LogP contribution < -0.4 is 0 Å². The Morgan fingerprint density at radius 2 is 1.02 bits per heavy atom. The van der Waals surface area contributed by atoms with Crippen LogP contribution in [0.5, 0.6) is 0 Å². The second-order valence-corrected chi connectivity index (χ2v) is 14.3. The van der Waals surface area contributed by atoms with Crippen LogP contribution in [0.15, 0.2) is 176 Å². The van der Waals surface area contributed by atoms with Gasteiger partial charge in [-0.3, -0.25) is 9.97 Å². The molecule has 0 aliphatic heterocycles. The van der Waals surface area contributed by atoms with E-state index in [0.29, 0.717) is 5.82 Å². The van der Waals surface area contributed by atoms with Gasteiger partial charge in [0.2, 0.25) is 0 Å². The zero-order valence-corrected chi connectivity index (χ0v) is 31.0. The number of fused-ring (bicyclic) bond motifs is 4. The molecule has 0 atom stereocenters. The Morgan fingerprint density at radius 3 is 1.82 bits per heavy atom. The van der Waals surface area contributed by atoms with E-state index in [0.717, 1.165) is 99.9 Å². The standard InChI is InChI=1S/C51H35N5/c1-32-28-46(54-50-43(32)25-24-39-15-14-33(2)53-49(39)50)38-20-16-34(17-21-38)35-18-22-40(23-19-35)51-55-47(37-8-4-3-5-9-37)30-48(56-51)42-12-6-11-41(29-42)44-13-7-10-36-26-27-52-31-45(36)44/h3-31H,1-2H3. The van der Waals surface area contributed by atoms with Crippen molar-refractivity contribution in [3.63, 3.8) is 0 Å². The van der Waals surface area contributed by atoms with Gasteiger partial charge >= 0.3 is 0 Å². The summed E-state index contributed by atoms with van der Waals surface area (Å²) in [5, 5.41) is 4.52. The van der Waals surface area contributed by atoms with Crippen molar-refractivity contribution in [2.75, 3.05) is 0 Å². The molecule has 10 aromatic rings. The van der Waals surface area contributed by atoms with E-state index in [1.165, 1.54) is 5.56 Å². The van der Waals surface area contributed by atoms with Crippen LogP contribution in [0.4, 0.5) is 0 Å². The van der Waals surface area contributed by atoms with Crippen molar-refractivity contribution in [3.05, 3.63) is 187 Å². The smallest absolute Gasteiger partial charge is 0.160 e. The van der Waals surface area contributed by atoms with E-state index in [1.807, 2.05) is 43.6 Å². The zero-order valence-electron chi connectivity index (χ0n) is 31.0. The predicted octanol–water partition coefficient (Wildman–Crippen LogP) is 12.7. The van der Waals surface area contributed by atoms with Crippen LogP contribution in [0, 0.1) is 13.8 Å². The summed E-state index contributed by atoms with van der Waals surface area (Å²) in [7, 11) is 0. The minimum Gasteiger partial charge on any atom is -0.264 e. The van der Waals surface area contributed by atoms with Crippen LogP contribution in [-0.2, 0) is 0 Å². The topological polar surface area (TPSA) is 64.5 Å². The molecule has 0 N–H and O–H groups in total. The number of rotatable bonds is 6. The number of aryl methyl sites for hydroxylation is 2. The number of hydrogen-bond donors (Lipinski definition) is 0. The summed E-state index contributed by atoms with van der Waals surface area (Å²) in [4.78, 5) is 24.6. The summed E-state index contributed by atoms with van der Waals surface area (Å²) in [5.74, 6) is 0.679. The van der Waals surface area contributed by atoms with Gasteiger partial charge in [0.1, 0.15) is 0 Å². The minimum absolute atomic E-state index is 0.679. The summed E-state index contributed by atoms with van der Waals surface area (Å²) in [6, 6.07) is 57.2. The monoisotopic (exact) mass is 717 g/mol. The number of nitrogens with zero attached hydrogens (tertiary/aromatic N) is 5. The van der Waals surface area contributed by atoms with Crippen molar-refractivity contribution in [2.45, 2.75) is 13.8 Å². The second-order valence-electron chi connectivity index (χ2n) is 14.3. The van der Waals surface area contributed by atoms with Gasteiger partial charge in [0, 0.05) is 56.5 Å². The predicted molar refractivity (Wildman–Crippen MR) is 230 cm³/mol. The maximum atomic E-state index is 5.16. The summed E-state index contributed by atoms with van der Waals surface area (Å²) in [5.41, 5.74) is 15.3. The van der Waals surface area contributed by atoms with Crippen molar-refractivity contribution in [1.29, 1.82) is 0 Å². The second kappa shape index (κ2) is 13.8. The van der Waals surface area contributed by atoms with Crippen LogP contribution in [0.1, 0.15) is 11.3 Å². The van der Waals surface area contributed by atoms with E-state index in [2.05, 4.69) is 151 Å². The van der Waals surface area contributed by atoms with E-state index < -0.39 is 0 Å². The first-order chi connectivity index (χ1) is 27.5. The molecule has 4 aromatic heterocycles. The third-order valence-corrected chi connectivity index (χ3v) is 10.6. The molecule has 6 aromatic carbocycles. The molecule has 0 aliphatic rings. The van der Waals surface area contributed by atoms with E-state index in [1.54, 1.807) is 0 Å². The third-order valence-electron chi connectivity index (χ3n) is 10.6. The average molecular weight is 718 g/mol. The Bertz CT molecular complexity index is 3080. The first-order valence-electron chi connectivity index (χ1n) is 18.8. The molecule has 264 valence electrons. The lowest BCUT2D eigenvalue weighted by Crippen LogP contribution is -1.96. The van der Waals surface area contributed by atoms with Crippen molar-refractivity contribution in [2.24, 2.45) is 0 Å². The van der Waals surface area contributed by atoms with Crippen molar-refractivity contribution < 1.29 is 0 Å². The first kappa shape index (κ1) is 33.2. The third kappa shape index (κ3) is 6.15. The Kier molecular flexibility index (Phi) is 8.19. The Labute approximate surface area is 325 Å². The van der Waals surface area contributed by atoms with Gasteiger partial charge in [-0.2, -0.15) is 0 Å². The fraction of sp³-hybridized carbons (Fsp3) is 0.0392. The van der Waals surface area contributed by atoms with Gasteiger partial charge in [-0.05, 0) is 77.4 Å². The lowest BCUT2D eigenvalue weighted by atomic mass is 9.97. The fourth-order valence-corrected chi connectivity index (χ4v) is 7.62. The molecule has 5 heteroatoms. The molecule has 0 spiro atoms. The highest BCUT2D eigenvalue weighted by molar-refractivity contribution is 6.04. The Hall–Kier alpha value is -7.37. The lowest BCUT2D eigenvalue weighted by molar-refractivity contribution is 1.18. The van der Waals surface area contributed by atoms with Crippen molar-refractivity contribution in [3.8, 4) is 67.4 Å². The van der Waals surface area contributed by atoms with Gasteiger partial charge < -0.3 is 0 Å². The normalized spacial score (nSPS) is 11.4. The minimum atomic E-state index is 0.679. The van der Waals surface area contributed by atoms with Crippen LogP contribution in [-0.4, -0.2) is 24.9 Å². The summed E-state index contributed by atoms with van der Waals surface area (Å²) >= 11 is 0. The molecule has 0 saturated heterocycles. The van der Waals surface area contributed by atoms with Crippen molar-refractivity contribution in [1.82, 2.24) is 24.9 Å². The van der Waals surface area contributed by atoms with E-state index >= 15 is 0 Å². The summed E-state index contributed by atoms with van der Waals surface area (Å²) in [6.07, 6.45) is 3.78. The van der Waals surface area contributed by atoms with E-state index in [9.17, 15) is 0 Å². The van der Waals surface area contributed by atoms with Crippen LogP contribution in [0.3, 0.4) is 0 Å². The number of pyridine rings is 3. The molecule has 0 bridgehead atoms. The molecule has 10 rings (SSSR count). The first-order valence-corrected chi connectivity index (χ1v) is 18.8. The molecule has 0 saturated carbocycles. The van der Waals surface area contributed by atoms with Gasteiger partial charge in [0.15, 0.2) is 5.82 Å². The molecule has 0 amide bonds. The molecule has 0 unspecified atom stereocenters. The maximum absolute atomic E-state index is 5.16. The fourth-order valence-electron chi connectivity index (χ4n) is 7.62. The number of benzene rings is 6. The van der Waals surface area contributed by atoms with Gasteiger partial charge in [-0.1, -0.05) is 133 Å². The maximum Gasteiger partial charge on any atom is 0.160 e. The van der Waals surface area contributed by atoms with Gasteiger partial charge in [-0.25, -0.2) is 15.0 Å². The largest absolute Gasteiger partial charge is 0.264 e. The summed E-state index contributed by atoms with van der Waals surface area (Å²) in [6.45, 7) is 4.17. The number of hydrogen-bond acceptors (Lipinski definition) is 5.